The molecule has 0 amide bonds. The highest BCUT2D eigenvalue weighted by molar-refractivity contribution is 5.29. The van der Waals surface area contributed by atoms with Gasteiger partial charge in [0.1, 0.15) is 5.75 Å². The first-order valence-corrected chi connectivity index (χ1v) is 7.47. The lowest BCUT2D eigenvalue weighted by molar-refractivity contribution is 0.242. The predicted molar refractivity (Wildman–Crippen MR) is 85.5 cm³/mol. The fourth-order valence-corrected chi connectivity index (χ4v) is 2.31. The van der Waals surface area contributed by atoms with Crippen LogP contribution in [0, 0.1) is 13.8 Å². The first-order valence-electron chi connectivity index (χ1n) is 7.47. The second-order valence-corrected chi connectivity index (χ2v) is 5.75. The topological polar surface area (TPSA) is 49.9 Å². The Bertz CT molecular complexity index is 553. The zero-order valence-corrected chi connectivity index (χ0v) is 13.5. The summed E-state index contributed by atoms with van der Waals surface area (Å²) in [7, 11) is 0. The number of hydrogen-bond acceptors (Lipinski definition) is 3. The van der Waals surface area contributed by atoms with Crippen molar-refractivity contribution >= 4 is 0 Å². The third-order valence-corrected chi connectivity index (χ3v) is 3.62. The molecule has 4 heteroatoms. The second kappa shape index (κ2) is 6.76. The van der Waals surface area contributed by atoms with Gasteiger partial charge in [0.2, 0.25) is 0 Å². The average molecular weight is 287 g/mol. The summed E-state index contributed by atoms with van der Waals surface area (Å²) in [6.07, 6.45) is 0.207. The van der Waals surface area contributed by atoms with Crippen molar-refractivity contribution in [2.24, 2.45) is 0 Å². The van der Waals surface area contributed by atoms with Crippen LogP contribution in [0.1, 0.15) is 49.3 Å². The molecule has 21 heavy (non-hydrogen) atoms. The van der Waals surface area contributed by atoms with Gasteiger partial charge in [0.25, 0.3) is 0 Å². The molecule has 0 aliphatic heterocycles. The molecule has 0 spiro atoms. The minimum atomic E-state index is 0.207. The molecule has 0 aliphatic carbocycles. The average Bonchev–Trinajstić information content (AvgIpc) is 2.75. The number of aromatic amines is 1. The Labute approximate surface area is 126 Å². The fourth-order valence-electron chi connectivity index (χ4n) is 2.31. The normalized spacial score (nSPS) is 12.7. The number of rotatable bonds is 6. The zero-order chi connectivity index (χ0) is 15.4. The lowest BCUT2D eigenvalue weighted by atomic mass is 10.1. The van der Waals surface area contributed by atoms with Gasteiger partial charge in [-0.1, -0.05) is 12.1 Å². The number of ether oxygens (including phenoxy) is 1. The van der Waals surface area contributed by atoms with Crippen molar-refractivity contribution in [3.8, 4) is 5.75 Å². The zero-order valence-electron chi connectivity index (χ0n) is 13.5. The number of hydrogen-bond donors (Lipinski definition) is 2. The summed E-state index contributed by atoms with van der Waals surface area (Å²) in [4.78, 5) is 0. The quantitative estimate of drug-likeness (QED) is 0.852. The largest absolute Gasteiger partial charge is 0.491 e. The summed E-state index contributed by atoms with van der Waals surface area (Å²) in [5.74, 6) is 0.919. The van der Waals surface area contributed by atoms with Gasteiger partial charge < -0.3 is 10.1 Å². The van der Waals surface area contributed by atoms with Crippen LogP contribution in [0.15, 0.2) is 24.3 Å². The Balaban J connectivity index is 1.95. The van der Waals surface area contributed by atoms with E-state index < -0.39 is 0 Å². The molecule has 1 atom stereocenters. The summed E-state index contributed by atoms with van der Waals surface area (Å²) in [6.45, 7) is 11.1. The van der Waals surface area contributed by atoms with Gasteiger partial charge in [-0.15, -0.1) is 0 Å². The SMILES string of the molecule is Cc1n[nH]c(C)c1CNC(C)c1ccc(OC(C)C)cc1. The molecule has 0 fully saturated rings. The highest BCUT2D eigenvalue weighted by Crippen LogP contribution is 2.19. The monoisotopic (exact) mass is 287 g/mol. The molecule has 2 rings (SSSR count). The number of aryl methyl sites for hydroxylation is 2. The van der Waals surface area contributed by atoms with Gasteiger partial charge in [-0.3, -0.25) is 5.10 Å². The van der Waals surface area contributed by atoms with E-state index in [1.54, 1.807) is 0 Å². The summed E-state index contributed by atoms with van der Waals surface area (Å²) in [5.41, 5.74) is 4.70. The lowest BCUT2D eigenvalue weighted by Gasteiger charge is -2.16. The highest BCUT2D eigenvalue weighted by atomic mass is 16.5. The molecular formula is C17H25N3O. The van der Waals surface area contributed by atoms with E-state index in [0.29, 0.717) is 0 Å². The highest BCUT2D eigenvalue weighted by Gasteiger charge is 2.09. The van der Waals surface area contributed by atoms with Crippen LogP contribution in [0.4, 0.5) is 0 Å². The molecule has 0 saturated carbocycles. The van der Waals surface area contributed by atoms with Crippen molar-refractivity contribution in [1.82, 2.24) is 15.5 Å². The van der Waals surface area contributed by atoms with Crippen molar-refractivity contribution in [3.63, 3.8) is 0 Å². The van der Waals surface area contributed by atoms with Gasteiger partial charge in [-0.05, 0) is 52.3 Å². The molecule has 1 aromatic heterocycles. The minimum Gasteiger partial charge on any atom is -0.491 e. The van der Waals surface area contributed by atoms with Crippen molar-refractivity contribution < 1.29 is 4.74 Å². The Morgan fingerprint density at radius 3 is 2.33 bits per heavy atom. The Morgan fingerprint density at radius 1 is 1.14 bits per heavy atom. The molecule has 0 bridgehead atoms. The molecule has 1 unspecified atom stereocenters. The number of benzene rings is 1. The van der Waals surface area contributed by atoms with Crippen LogP contribution >= 0.6 is 0 Å². The molecule has 1 aromatic carbocycles. The number of aromatic nitrogens is 2. The van der Waals surface area contributed by atoms with Gasteiger partial charge in [-0.25, -0.2) is 0 Å². The van der Waals surface area contributed by atoms with E-state index in [4.69, 9.17) is 4.74 Å². The van der Waals surface area contributed by atoms with Crippen LogP contribution in [-0.2, 0) is 6.54 Å². The molecule has 0 aliphatic rings. The Kier molecular flexibility index (Phi) is 5.02. The Morgan fingerprint density at radius 2 is 1.81 bits per heavy atom. The minimum absolute atomic E-state index is 0.207. The maximum Gasteiger partial charge on any atom is 0.119 e. The van der Waals surface area contributed by atoms with E-state index in [1.807, 2.05) is 32.9 Å². The summed E-state index contributed by atoms with van der Waals surface area (Å²) in [6, 6.07) is 8.57. The molecule has 1 heterocycles. The maximum absolute atomic E-state index is 5.67. The molecular weight excluding hydrogens is 262 g/mol. The molecule has 0 saturated heterocycles. The van der Waals surface area contributed by atoms with E-state index in [1.165, 1.54) is 11.1 Å². The van der Waals surface area contributed by atoms with Crippen LogP contribution in [-0.4, -0.2) is 16.3 Å². The molecule has 2 N–H and O–H groups in total. The standard InChI is InChI=1S/C17H25N3O/c1-11(2)21-16-8-6-15(7-9-16)12(3)18-10-17-13(4)19-20-14(17)5/h6-9,11-12,18H,10H2,1-5H3,(H,19,20). The fraction of sp³-hybridized carbons (Fsp3) is 0.471. The van der Waals surface area contributed by atoms with E-state index >= 15 is 0 Å². The number of H-pyrrole nitrogens is 1. The summed E-state index contributed by atoms with van der Waals surface area (Å²) < 4.78 is 5.67. The molecule has 0 radical (unpaired) electrons. The molecule has 114 valence electrons. The van der Waals surface area contributed by atoms with E-state index in [-0.39, 0.29) is 12.1 Å². The first-order chi connectivity index (χ1) is 9.97. The number of nitrogens with one attached hydrogen (secondary N) is 2. The predicted octanol–water partition coefficient (Wildman–Crippen LogP) is 3.66. The van der Waals surface area contributed by atoms with E-state index in [9.17, 15) is 0 Å². The Hall–Kier alpha value is -1.81. The van der Waals surface area contributed by atoms with Crippen molar-refractivity contribution in [3.05, 3.63) is 46.8 Å². The second-order valence-electron chi connectivity index (χ2n) is 5.75. The van der Waals surface area contributed by atoms with Crippen LogP contribution in [0.25, 0.3) is 0 Å². The maximum atomic E-state index is 5.67. The van der Waals surface area contributed by atoms with Gasteiger partial charge in [0.05, 0.1) is 11.8 Å². The number of nitrogens with zero attached hydrogens (tertiary/aromatic N) is 1. The van der Waals surface area contributed by atoms with Crippen molar-refractivity contribution in [1.29, 1.82) is 0 Å². The van der Waals surface area contributed by atoms with Crippen LogP contribution in [0.2, 0.25) is 0 Å². The molecule has 4 nitrogen and oxygen atoms in total. The third-order valence-electron chi connectivity index (χ3n) is 3.62. The van der Waals surface area contributed by atoms with E-state index in [2.05, 4.69) is 41.5 Å². The van der Waals surface area contributed by atoms with Gasteiger partial charge in [-0.2, -0.15) is 5.10 Å². The summed E-state index contributed by atoms with van der Waals surface area (Å²) in [5, 5.41) is 10.8. The van der Waals surface area contributed by atoms with Crippen molar-refractivity contribution in [2.75, 3.05) is 0 Å². The lowest BCUT2D eigenvalue weighted by Crippen LogP contribution is -2.18. The van der Waals surface area contributed by atoms with Gasteiger partial charge in [0.15, 0.2) is 0 Å². The van der Waals surface area contributed by atoms with Crippen molar-refractivity contribution in [2.45, 2.75) is 53.3 Å². The third kappa shape index (κ3) is 4.08. The van der Waals surface area contributed by atoms with Crippen LogP contribution in [0.3, 0.4) is 0 Å². The smallest absolute Gasteiger partial charge is 0.119 e. The molecule has 2 aromatic rings. The summed E-state index contributed by atoms with van der Waals surface area (Å²) >= 11 is 0. The first kappa shape index (κ1) is 15.6. The van der Waals surface area contributed by atoms with Crippen LogP contribution < -0.4 is 10.1 Å². The van der Waals surface area contributed by atoms with Gasteiger partial charge >= 0.3 is 0 Å². The van der Waals surface area contributed by atoms with Gasteiger partial charge in [0, 0.05) is 23.8 Å². The van der Waals surface area contributed by atoms with E-state index in [0.717, 1.165) is 23.7 Å². The van der Waals surface area contributed by atoms with Crippen LogP contribution in [0.5, 0.6) is 5.75 Å².